The first-order valence-corrected chi connectivity index (χ1v) is 11.2. The zero-order valence-corrected chi connectivity index (χ0v) is 18.5. The van der Waals surface area contributed by atoms with Gasteiger partial charge in [-0.1, -0.05) is 37.9 Å². The molecule has 2 unspecified atom stereocenters. The average Bonchev–Trinajstić information content (AvgIpc) is 3.31. The number of carboxylic acid groups (broad SMARTS) is 1. The molecule has 4 rings (SSSR count). The van der Waals surface area contributed by atoms with Crippen molar-refractivity contribution in [2.24, 2.45) is 11.3 Å². The van der Waals surface area contributed by atoms with Crippen LogP contribution in [0.3, 0.4) is 0 Å². The number of rotatable bonds is 7. The summed E-state index contributed by atoms with van der Waals surface area (Å²) < 4.78 is 5.99. The van der Waals surface area contributed by atoms with Crippen molar-refractivity contribution in [1.29, 1.82) is 0 Å². The molecule has 5 nitrogen and oxygen atoms in total. The van der Waals surface area contributed by atoms with Crippen molar-refractivity contribution in [2.45, 2.75) is 64.2 Å². The number of benzene rings is 1. The molecule has 2 fully saturated rings. The van der Waals surface area contributed by atoms with E-state index in [0.29, 0.717) is 35.1 Å². The van der Waals surface area contributed by atoms with Gasteiger partial charge in [0.25, 0.3) is 0 Å². The van der Waals surface area contributed by atoms with Crippen molar-refractivity contribution < 1.29 is 19.4 Å². The Balaban J connectivity index is 1.56. The number of fused-ring (bicyclic) bond motifs is 1. The number of nitrogens with zero attached hydrogens (tertiary/aromatic N) is 1. The van der Waals surface area contributed by atoms with Gasteiger partial charge in [0.15, 0.2) is 0 Å². The Morgan fingerprint density at radius 3 is 2.77 bits per heavy atom. The molecule has 30 heavy (non-hydrogen) atoms. The van der Waals surface area contributed by atoms with Gasteiger partial charge in [-0.15, -0.1) is 0 Å². The van der Waals surface area contributed by atoms with Gasteiger partial charge in [0.05, 0.1) is 18.1 Å². The first kappa shape index (κ1) is 21.2. The molecule has 1 aromatic rings. The van der Waals surface area contributed by atoms with Gasteiger partial charge in [-0.05, 0) is 60.3 Å². The van der Waals surface area contributed by atoms with E-state index in [1.54, 1.807) is 4.90 Å². The Hall–Kier alpha value is -2.01. The number of hydrogen-bond donors (Lipinski definition) is 1. The third kappa shape index (κ3) is 4.09. The van der Waals surface area contributed by atoms with Crippen molar-refractivity contribution >= 4 is 23.5 Å². The van der Waals surface area contributed by atoms with Crippen molar-refractivity contribution in [1.82, 2.24) is 4.90 Å². The van der Waals surface area contributed by atoms with Crippen LogP contribution in [0.5, 0.6) is 5.75 Å². The van der Waals surface area contributed by atoms with E-state index in [-0.39, 0.29) is 24.3 Å². The molecule has 1 aliphatic heterocycles. The molecule has 1 aromatic carbocycles. The summed E-state index contributed by atoms with van der Waals surface area (Å²) in [5.41, 5.74) is 2.30. The van der Waals surface area contributed by atoms with E-state index < -0.39 is 5.97 Å². The number of carboxylic acids is 1. The maximum atomic E-state index is 12.9. The Morgan fingerprint density at radius 1 is 1.33 bits per heavy atom. The monoisotopic (exact) mass is 431 g/mol. The molecular formula is C24H30ClNO4. The highest BCUT2D eigenvalue weighted by molar-refractivity contribution is 6.32. The highest BCUT2D eigenvalue weighted by Gasteiger charge is 2.46. The van der Waals surface area contributed by atoms with E-state index in [9.17, 15) is 9.59 Å². The van der Waals surface area contributed by atoms with Crippen LogP contribution in [0.15, 0.2) is 30.0 Å². The van der Waals surface area contributed by atoms with Gasteiger partial charge in [-0.2, -0.15) is 0 Å². The standard InChI is InChI=1S/C24H30ClNO4/c1-23(2)12-18(23)15-30-20-7-6-16(11-19(20)25)24-9-4-3-5-17(24)14-26(21(27)13-24)10-8-22(28)29/h6-7,11,14,18H,3-5,8-10,12-13,15H2,1-2H3,(H,28,29). The van der Waals surface area contributed by atoms with Crippen molar-refractivity contribution in [3.63, 3.8) is 0 Å². The summed E-state index contributed by atoms with van der Waals surface area (Å²) in [7, 11) is 0. The number of carbonyl (C=O) groups excluding carboxylic acids is 1. The molecular weight excluding hydrogens is 402 g/mol. The molecule has 0 spiro atoms. The molecule has 1 amide bonds. The molecule has 0 saturated heterocycles. The Morgan fingerprint density at radius 2 is 2.10 bits per heavy atom. The van der Waals surface area contributed by atoms with E-state index in [4.69, 9.17) is 21.4 Å². The quantitative estimate of drug-likeness (QED) is 0.646. The van der Waals surface area contributed by atoms with E-state index in [1.165, 1.54) is 12.0 Å². The lowest BCUT2D eigenvalue weighted by molar-refractivity contribution is -0.138. The lowest BCUT2D eigenvalue weighted by Crippen LogP contribution is -2.44. The minimum absolute atomic E-state index is 0.0192. The average molecular weight is 432 g/mol. The van der Waals surface area contributed by atoms with Crippen molar-refractivity contribution in [3.8, 4) is 5.75 Å². The molecule has 2 atom stereocenters. The summed E-state index contributed by atoms with van der Waals surface area (Å²) in [5.74, 6) is 0.367. The van der Waals surface area contributed by atoms with Gasteiger partial charge >= 0.3 is 5.97 Å². The van der Waals surface area contributed by atoms with Crippen molar-refractivity contribution in [3.05, 3.63) is 40.6 Å². The third-order valence-electron chi connectivity index (χ3n) is 7.21. The van der Waals surface area contributed by atoms with Crippen LogP contribution in [0, 0.1) is 11.3 Å². The highest BCUT2D eigenvalue weighted by Crippen LogP contribution is 2.52. The summed E-state index contributed by atoms with van der Waals surface area (Å²) in [4.78, 5) is 25.4. The number of hydrogen-bond acceptors (Lipinski definition) is 3. The molecule has 6 heteroatoms. The summed E-state index contributed by atoms with van der Waals surface area (Å²) >= 11 is 6.60. The topological polar surface area (TPSA) is 66.8 Å². The van der Waals surface area contributed by atoms with Gasteiger partial charge in [-0.3, -0.25) is 9.59 Å². The first-order chi connectivity index (χ1) is 14.2. The molecule has 162 valence electrons. The first-order valence-electron chi connectivity index (χ1n) is 10.9. The lowest BCUT2D eigenvalue weighted by Gasteiger charge is -2.45. The number of amides is 1. The Labute approximate surface area is 183 Å². The van der Waals surface area contributed by atoms with Crippen LogP contribution in [0.4, 0.5) is 0 Å². The fourth-order valence-electron chi connectivity index (χ4n) is 4.96. The fraction of sp³-hybridized carbons (Fsp3) is 0.583. The number of halogens is 1. The van der Waals surface area contributed by atoms with Crippen LogP contribution in [-0.4, -0.2) is 35.0 Å². The van der Waals surface area contributed by atoms with Crippen LogP contribution in [0.1, 0.15) is 64.4 Å². The lowest BCUT2D eigenvalue weighted by atomic mass is 9.63. The van der Waals surface area contributed by atoms with Gasteiger partial charge < -0.3 is 14.7 Å². The van der Waals surface area contributed by atoms with Crippen molar-refractivity contribution in [2.75, 3.05) is 13.2 Å². The van der Waals surface area contributed by atoms with Gasteiger partial charge in [0.2, 0.25) is 5.91 Å². The Kier molecular flexibility index (Phi) is 5.60. The molecule has 2 saturated carbocycles. The normalized spacial score (nSPS) is 27.3. The second-order valence-electron chi connectivity index (χ2n) is 9.70. The van der Waals surface area contributed by atoms with Crippen LogP contribution >= 0.6 is 11.6 Å². The number of allylic oxidation sites excluding steroid dienone is 1. The summed E-state index contributed by atoms with van der Waals surface area (Å²) in [6.45, 7) is 5.40. The smallest absolute Gasteiger partial charge is 0.305 e. The molecule has 0 aromatic heterocycles. The van der Waals surface area contributed by atoms with Crippen LogP contribution in [0.2, 0.25) is 5.02 Å². The highest BCUT2D eigenvalue weighted by atomic mass is 35.5. The molecule has 2 aliphatic carbocycles. The number of carbonyl (C=O) groups is 2. The van der Waals surface area contributed by atoms with E-state index in [0.717, 1.165) is 31.2 Å². The van der Waals surface area contributed by atoms with Crippen LogP contribution in [-0.2, 0) is 15.0 Å². The zero-order chi connectivity index (χ0) is 21.5. The molecule has 0 bridgehead atoms. The van der Waals surface area contributed by atoms with E-state index in [1.807, 2.05) is 18.3 Å². The summed E-state index contributed by atoms with van der Waals surface area (Å²) in [5, 5.41) is 9.56. The van der Waals surface area contributed by atoms with Gasteiger partial charge in [0.1, 0.15) is 5.75 Å². The third-order valence-corrected chi connectivity index (χ3v) is 7.50. The van der Waals surface area contributed by atoms with E-state index in [2.05, 4.69) is 19.9 Å². The molecule has 0 radical (unpaired) electrons. The minimum atomic E-state index is -0.890. The Bertz CT molecular complexity index is 893. The minimum Gasteiger partial charge on any atom is -0.492 e. The predicted octanol–water partition coefficient (Wildman–Crippen LogP) is 5.17. The fourth-order valence-corrected chi connectivity index (χ4v) is 5.19. The molecule has 1 heterocycles. The second kappa shape index (κ2) is 7.92. The largest absolute Gasteiger partial charge is 0.492 e. The zero-order valence-electron chi connectivity index (χ0n) is 17.7. The predicted molar refractivity (Wildman–Crippen MR) is 116 cm³/mol. The molecule has 1 N–H and O–H groups in total. The summed E-state index contributed by atoms with van der Waals surface area (Å²) in [6.07, 6.45) is 7.38. The number of ether oxygens (including phenoxy) is 1. The summed E-state index contributed by atoms with van der Waals surface area (Å²) in [6, 6.07) is 5.96. The maximum Gasteiger partial charge on any atom is 0.305 e. The van der Waals surface area contributed by atoms with Crippen LogP contribution < -0.4 is 4.74 Å². The van der Waals surface area contributed by atoms with Gasteiger partial charge in [0, 0.05) is 24.6 Å². The number of aliphatic carboxylic acids is 1. The van der Waals surface area contributed by atoms with E-state index >= 15 is 0 Å². The van der Waals surface area contributed by atoms with Crippen LogP contribution in [0.25, 0.3) is 0 Å². The van der Waals surface area contributed by atoms with Gasteiger partial charge in [-0.25, -0.2) is 0 Å². The second-order valence-corrected chi connectivity index (χ2v) is 10.1. The SMILES string of the molecule is CC1(C)CC1COc1ccc(C23CCCCC2=CN(CCC(=O)O)C(=O)C3)cc1Cl. The molecule has 3 aliphatic rings. The maximum absolute atomic E-state index is 12.9.